The normalized spacial score (nSPS) is 11.0. The molecule has 3 nitrogen and oxygen atoms in total. The molecular formula is C9H23N3. The maximum Gasteiger partial charge on any atom is 0.0250 e. The minimum absolute atomic E-state index is 0.924. The van der Waals surface area contributed by atoms with E-state index in [1.807, 2.05) is 7.05 Å². The zero-order chi connectivity index (χ0) is 9.23. The van der Waals surface area contributed by atoms with Gasteiger partial charge in [-0.25, -0.2) is 5.01 Å². The number of rotatable bonds is 8. The molecule has 12 heavy (non-hydrogen) atoms. The fraction of sp³-hybridized carbons (Fsp3) is 1.00. The Bertz CT molecular complexity index is 83.8. The van der Waals surface area contributed by atoms with Crippen molar-refractivity contribution >= 4 is 0 Å². The van der Waals surface area contributed by atoms with Gasteiger partial charge in [0.15, 0.2) is 0 Å². The lowest BCUT2D eigenvalue weighted by Crippen LogP contribution is -2.34. The van der Waals surface area contributed by atoms with Gasteiger partial charge in [-0.05, 0) is 13.0 Å². The van der Waals surface area contributed by atoms with Crippen LogP contribution in [0.2, 0.25) is 0 Å². The Kier molecular flexibility index (Phi) is 8.88. The summed E-state index contributed by atoms with van der Waals surface area (Å²) >= 11 is 0. The van der Waals surface area contributed by atoms with E-state index < -0.39 is 0 Å². The second-order valence-electron chi connectivity index (χ2n) is 3.29. The highest BCUT2D eigenvalue weighted by Crippen LogP contribution is 1.96. The summed E-state index contributed by atoms with van der Waals surface area (Å²) in [6.07, 6.45) is 5.31. The fourth-order valence-corrected chi connectivity index (χ4v) is 1.06. The molecule has 0 aliphatic heterocycles. The molecule has 0 rings (SSSR count). The Hall–Kier alpha value is -0.120. The monoisotopic (exact) mass is 173 g/mol. The van der Waals surface area contributed by atoms with Crippen molar-refractivity contribution in [1.29, 1.82) is 0 Å². The standard InChI is InChI=1S/C9H23N3/c1-3-4-5-6-7-11-8-9-12(2)10/h11H,3-10H2,1-2H3. The van der Waals surface area contributed by atoms with Crippen LogP contribution in [0.25, 0.3) is 0 Å². The predicted molar refractivity (Wildman–Crippen MR) is 53.8 cm³/mol. The molecule has 0 spiro atoms. The van der Waals surface area contributed by atoms with E-state index in [-0.39, 0.29) is 0 Å². The molecule has 0 unspecified atom stereocenters. The van der Waals surface area contributed by atoms with Gasteiger partial charge in [0.2, 0.25) is 0 Å². The van der Waals surface area contributed by atoms with Crippen LogP contribution in [0, 0.1) is 0 Å². The largest absolute Gasteiger partial charge is 0.315 e. The van der Waals surface area contributed by atoms with Crippen molar-refractivity contribution in [3.63, 3.8) is 0 Å². The van der Waals surface area contributed by atoms with Crippen LogP contribution >= 0.6 is 0 Å². The molecule has 3 heteroatoms. The highest BCUT2D eigenvalue weighted by molar-refractivity contribution is 4.50. The summed E-state index contributed by atoms with van der Waals surface area (Å²) in [6.45, 7) is 5.29. The molecule has 74 valence electrons. The van der Waals surface area contributed by atoms with E-state index in [0.29, 0.717) is 0 Å². The van der Waals surface area contributed by atoms with E-state index in [1.54, 1.807) is 5.01 Å². The van der Waals surface area contributed by atoms with Crippen LogP contribution in [0.5, 0.6) is 0 Å². The summed E-state index contributed by atoms with van der Waals surface area (Å²) in [7, 11) is 1.89. The SMILES string of the molecule is CCCCCCNCCN(C)N. The third-order valence-corrected chi connectivity index (χ3v) is 1.85. The van der Waals surface area contributed by atoms with Crippen LogP contribution in [0.3, 0.4) is 0 Å². The van der Waals surface area contributed by atoms with E-state index in [4.69, 9.17) is 5.84 Å². The first-order valence-electron chi connectivity index (χ1n) is 4.94. The summed E-state index contributed by atoms with van der Waals surface area (Å²) in [4.78, 5) is 0. The number of hydrogen-bond donors (Lipinski definition) is 2. The first-order valence-corrected chi connectivity index (χ1v) is 4.94. The number of nitrogens with zero attached hydrogens (tertiary/aromatic N) is 1. The first kappa shape index (κ1) is 11.9. The quantitative estimate of drug-likeness (QED) is 0.326. The summed E-state index contributed by atoms with van der Waals surface area (Å²) in [5.74, 6) is 5.45. The molecule has 0 aliphatic rings. The fourth-order valence-electron chi connectivity index (χ4n) is 1.06. The van der Waals surface area contributed by atoms with Gasteiger partial charge in [-0.2, -0.15) is 0 Å². The summed E-state index contributed by atoms with van der Waals surface area (Å²) in [5.41, 5.74) is 0. The molecule has 0 atom stereocenters. The molecule has 0 radical (unpaired) electrons. The summed E-state index contributed by atoms with van der Waals surface area (Å²) in [6, 6.07) is 0. The van der Waals surface area contributed by atoms with Gasteiger partial charge in [-0.1, -0.05) is 26.2 Å². The van der Waals surface area contributed by atoms with Crippen molar-refractivity contribution in [2.75, 3.05) is 26.7 Å². The van der Waals surface area contributed by atoms with Gasteiger partial charge in [0, 0.05) is 20.1 Å². The number of unbranched alkanes of at least 4 members (excludes halogenated alkanes) is 3. The number of likely N-dealkylation sites (N-methyl/N-ethyl adjacent to an activating group) is 1. The smallest absolute Gasteiger partial charge is 0.0250 e. The molecule has 0 aliphatic carbocycles. The van der Waals surface area contributed by atoms with Crippen molar-refractivity contribution in [1.82, 2.24) is 10.3 Å². The molecule has 0 heterocycles. The van der Waals surface area contributed by atoms with Crippen LogP contribution < -0.4 is 11.2 Å². The van der Waals surface area contributed by atoms with Crippen molar-refractivity contribution in [3.05, 3.63) is 0 Å². The Morgan fingerprint density at radius 1 is 1.17 bits per heavy atom. The van der Waals surface area contributed by atoms with Gasteiger partial charge in [0.25, 0.3) is 0 Å². The lowest BCUT2D eigenvalue weighted by atomic mass is 10.2. The molecule has 0 saturated carbocycles. The Labute approximate surface area is 76.3 Å². The molecule has 0 saturated heterocycles. The second-order valence-corrected chi connectivity index (χ2v) is 3.29. The first-order chi connectivity index (χ1) is 5.77. The van der Waals surface area contributed by atoms with Crippen LogP contribution in [-0.2, 0) is 0 Å². The molecular weight excluding hydrogens is 150 g/mol. The summed E-state index contributed by atoms with van der Waals surface area (Å²) in [5, 5.41) is 5.06. The van der Waals surface area contributed by atoms with Crippen molar-refractivity contribution in [3.8, 4) is 0 Å². The average molecular weight is 173 g/mol. The predicted octanol–water partition coefficient (Wildman–Crippen LogP) is 0.962. The maximum absolute atomic E-state index is 5.45. The third kappa shape index (κ3) is 9.88. The zero-order valence-corrected chi connectivity index (χ0v) is 8.47. The highest BCUT2D eigenvalue weighted by Gasteiger charge is 1.90. The van der Waals surface area contributed by atoms with Gasteiger partial charge >= 0.3 is 0 Å². The Morgan fingerprint density at radius 2 is 1.92 bits per heavy atom. The second kappa shape index (κ2) is 8.97. The van der Waals surface area contributed by atoms with Gasteiger partial charge in [-0.3, -0.25) is 5.84 Å². The molecule has 3 N–H and O–H groups in total. The topological polar surface area (TPSA) is 41.3 Å². The number of nitrogens with two attached hydrogens (primary N) is 1. The van der Waals surface area contributed by atoms with Gasteiger partial charge in [0.1, 0.15) is 0 Å². The Balaban J connectivity index is 2.82. The maximum atomic E-state index is 5.45. The average Bonchev–Trinajstić information content (AvgIpc) is 2.02. The number of nitrogens with one attached hydrogen (secondary N) is 1. The van der Waals surface area contributed by atoms with Gasteiger partial charge in [0.05, 0.1) is 0 Å². The lowest BCUT2D eigenvalue weighted by Gasteiger charge is -2.09. The molecule has 0 fully saturated rings. The van der Waals surface area contributed by atoms with E-state index in [1.165, 1.54) is 25.7 Å². The highest BCUT2D eigenvalue weighted by atomic mass is 15.4. The molecule has 0 aromatic carbocycles. The molecule has 0 aromatic rings. The zero-order valence-electron chi connectivity index (χ0n) is 8.47. The minimum atomic E-state index is 0.924. The van der Waals surface area contributed by atoms with Crippen molar-refractivity contribution in [2.24, 2.45) is 5.84 Å². The molecule has 0 bridgehead atoms. The lowest BCUT2D eigenvalue weighted by molar-refractivity contribution is 0.345. The van der Waals surface area contributed by atoms with Crippen molar-refractivity contribution in [2.45, 2.75) is 32.6 Å². The minimum Gasteiger partial charge on any atom is -0.315 e. The van der Waals surface area contributed by atoms with Crippen molar-refractivity contribution < 1.29 is 0 Å². The van der Waals surface area contributed by atoms with E-state index in [2.05, 4.69) is 12.2 Å². The van der Waals surface area contributed by atoms with E-state index >= 15 is 0 Å². The van der Waals surface area contributed by atoms with Crippen LogP contribution in [-0.4, -0.2) is 31.7 Å². The Morgan fingerprint density at radius 3 is 2.50 bits per heavy atom. The van der Waals surface area contributed by atoms with E-state index in [9.17, 15) is 0 Å². The van der Waals surface area contributed by atoms with Gasteiger partial charge in [-0.15, -0.1) is 0 Å². The summed E-state index contributed by atoms with van der Waals surface area (Å²) < 4.78 is 0. The van der Waals surface area contributed by atoms with Crippen LogP contribution in [0.15, 0.2) is 0 Å². The number of hydrogen-bond acceptors (Lipinski definition) is 3. The van der Waals surface area contributed by atoms with Gasteiger partial charge < -0.3 is 5.32 Å². The molecule has 0 aromatic heterocycles. The molecule has 0 amide bonds. The van der Waals surface area contributed by atoms with Crippen LogP contribution in [0.1, 0.15) is 32.6 Å². The third-order valence-electron chi connectivity index (χ3n) is 1.85. The number of hydrazine groups is 1. The van der Waals surface area contributed by atoms with Crippen LogP contribution in [0.4, 0.5) is 0 Å². The van der Waals surface area contributed by atoms with E-state index in [0.717, 1.165) is 19.6 Å².